The SMILES string of the molecule is CSc1ccc(NC(=O)CN2C(=O)NC(C)(c3ccc4ccccc4c3)C2=O)cc1. The lowest BCUT2D eigenvalue weighted by molar-refractivity contribution is -0.133. The molecule has 7 heteroatoms. The van der Waals surface area contributed by atoms with Crippen LogP contribution >= 0.6 is 11.8 Å². The van der Waals surface area contributed by atoms with Crippen LogP contribution in [0.3, 0.4) is 0 Å². The number of thioether (sulfide) groups is 1. The zero-order valence-electron chi connectivity index (χ0n) is 16.6. The van der Waals surface area contributed by atoms with Crippen LogP contribution in [0.25, 0.3) is 10.8 Å². The molecule has 4 rings (SSSR count). The second-order valence-corrected chi connectivity index (χ2v) is 8.16. The molecule has 1 unspecified atom stereocenters. The Kier molecular flexibility index (Phi) is 5.22. The van der Waals surface area contributed by atoms with E-state index in [4.69, 9.17) is 0 Å². The predicted octanol–water partition coefficient (Wildman–Crippen LogP) is 3.97. The highest BCUT2D eigenvalue weighted by atomic mass is 32.2. The number of amides is 4. The van der Waals surface area contributed by atoms with Crippen molar-refractivity contribution in [3.8, 4) is 0 Å². The van der Waals surface area contributed by atoms with E-state index in [1.54, 1.807) is 30.8 Å². The maximum Gasteiger partial charge on any atom is 0.325 e. The van der Waals surface area contributed by atoms with E-state index >= 15 is 0 Å². The standard InChI is InChI=1S/C23H21N3O3S/c1-23(17-8-7-15-5-3-4-6-16(15)13-17)21(28)26(22(29)25-23)14-20(27)24-18-9-11-19(30-2)12-10-18/h3-13H,14H2,1-2H3,(H,24,27)(H,25,29). The first-order valence-electron chi connectivity index (χ1n) is 9.48. The molecular formula is C23H21N3O3S. The Bertz CT molecular complexity index is 1150. The smallest absolute Gasteiger partial charge is 0.325 e. The number of imide groups is 1. The molecule has 0 spiro atoms. The van der Waals surface area contributed by atoms with Gasteiger partial charge in [-0.05, 0) is 59.8 Å². The number of rotatable bonds is 5. The lowest BCUT2D eigenvalue weighted by atomic mass is 9.90. The number of nitrogens with zero attached hydrogens (tertiary/aromatic N) is 1. The molecule has 1 aliphatic rings. The summed E-state index contributed by atoms with van der Waals surface area (Å²) in [5.41, 5.74) is 0.0683. The van der Waals surface area contributed by atoms with E-state index in [9.17, 15) is 14.4 Å². The summed E-state index contributed by atoms with van der Waals surface area (Å²) in [5.74, 6) is -0.881. The van der Waals surface area contributed by atoms with Crippen molar-refractivity contribution in [1.29, 1.82) is 0 Å². The van der Waals surface area contributed by atoms with Crippen molar-refractivity contribution in [3.63, 3.8) is 0 Å². The molecule has 0 aliphatic carbocycles. The lowest BCUT2D eigenvalue weighted by Gasteiger charge is -2.22. The van der Waals surface area contributed by atoms with Gasteiger partial charge in [-0.15, -0.1) is 11.8 Å². The fourth-order valence-electron chi connectivity index (χ4n) is 3.56. The molecular weight excluding hydrogens is 398 g/mol. The summed E-state index contributed by atoms with van der Waals surface area (Å²) in [5, 5.41) is 7.50. The molecule has 3 aromatic rings. The van der Waals surface area contributed by atoms with Gasteiger partial charge >= 0.3 is 6.03 Å². The third-order valence-electron chi connectivity index (χ3n) is 5.28. The first-order valence-corrected chi connectivity index (χ1v) is 10.7. The summed E-state index contributed by atoms with van der Waals surface area (Å²) < 4.78 is 0. The zero-order chi connectivity index (χ0) is 21.3. The second-order valence-electron chi connectivity index (χ2n) is 7.29. The van der Waals surface area contributed by atoms with Gasteiger partial charge in [0.2, 0.25) is 5.91 Å². The van der Waals surface area contributed by atoms with Crippen LogP contribution in [-0.4, -0.2) is 35.5 Å². The number of anilines is 1. The third-order valence-corrected chi connectivity index (χ3v) is 6.02. The maximum absolute atomic E-state index is 13.1. The van der Waals surface area contributed by atoms with Crippen LogP contribution in [0.1, 0.15) is 12.5 Å². The van der Waals surface area contributed by atoms with Crippen LogP contribution in [0.4, 0.5) is 10.5 Å². The van der Waals surface area contributed by atoms with Crippen molar-refractivity contribution in [1.82, 2.24) is 10.2 Å². The summed E-state index contributed by atoms with van der Waals surface area (Å²) in [6.07, 6.45) is 1.97. The Balaban J connectivity index is 1.51. The fraction of sp³-hybridized carbons (Fsp3) is 0.174. The van der Waals surface area contributed by atoms with Crippen LogP contribution in [0.2, 0.25) is 0 Å². The molecule has 30 heavy (non-hydrogen) atoms. The monoisotopic (exact) mass is 419 g/mol. The van der Waals surface area contributed by atoms with E-state index < -0.39 is 23.4 Å². The summed E-state index contributed by atoms with van der Waals surface area (Å²) in [7, 11) is 0. The van der Waals surface area contributed by atoms with Gasteiger partial charge in [-0.2, -0.15) is 0 Å². The van der Waals surface area contributed by atoms with Crippen molar-refractivity contribution < 1.29 is 14.4 Å². The molecule has 3 aromatic carbocycles. The number of fused-ring (bicyclic) bond motifs is 1. The molecule has 1 fully saturated rings. The van der Waals surface area contributed by atoms with Gasteiger partial charge in [0, 0.05) is 10.6 Å². The van der Waals surface area contributed by atoms with E-state index in [-0.39, 0.29) is 6.54 Å². The Morgan fingerprint density at radius 3 is 2.43 bits per heavy atom. The largest absolute Gasteiger partial charge is 0.325 e. The molecule has 4 amide bonds. The number of hydrogen-bond acceptors (Lipinski definition) is 4. The minimum Gasteiger partial charge on any atom is -0.325 e. The van der Waals surface area contributed by atoms with Crippen LogP contribution in [0.15, 0.2) is 71.6 Å². The fourth-order valence-corrected chi connectivity index (χ4v) is 3.96. The summed E-state index contributed by atoms with van der Waals surface area (Å²) in [6.45, 7) is 1.31. The molecule has 152 valence electrons. The molecule has 0 radical (unpaired) electrons. The number of hydrogen-bond donors (Lipinski definition) is 2. The van der Waals surface area contributed by atoms with Crippen LogP contribution in [0, 0.1) is 0 Å². The van der Waals surface area contributed by atoms with E-state index in [0.717, 1.165) is 20.6 Å². The van der Waals surface area contributed by atoms with Crippen molar-refractivity contribution in [2.75, 3.05) is 18.1 Å². The number of urea groups is 1. The first kappa shape index (κ1) is 20.0. The Morgan fingerprint density at radius 2 is 1.73 bits per heavy atom. The summed E-state index contributed by atoms with van der Waals surface area (Å²) in [6, 6.07) is 20.2. The lowest BCUT2D eigenvalue weighted by Crippen LogP contribution is -2.42. The molecule has 1 heterocycles. The predicted molar refractivity (Wildman–Crippen MR) is 118 cm³/mol. The van der Waals surface area contributed by atoms with E-state index in [1.165, 1.54) is 0 Å². The van der Waals surface area contributed by atoms with Crippen LogP contribution in [-0.2, 0) is 15.1 Å². The average Bonchev–Trinajstić information content (AvgIpc) is 2.98. The third kappa shape index (κ3) is 3.64. The van der Waals surface area contributed by atoms with Gasteiger partial charge in [-0.3, -0.25) is 14.5 Å². The normalized spacial score (nSPS) is 18.5. The van der Waals surface area contributed by atoms with E-state index in [0.29, 0.717) is 11.3 Å². The second kappa shape index (κ2) is 7.84. The number of carbonyl (C=O) groups is 3. The van der Waals surface area contributed by atoms with Crippen molar-refractivity contribution >= 4 is 46.1 Å². The molecule has 1 aliphatic heterocycles. The van der Waals surface area contributed by atoms with Gasteiger partial charge in [0.25, 0.3) is 5.91 Å². The molecule has 0 bridgehead atoms. The van der Waals surface area contributed by atoms with E-state index in [1.807, 2.05) is 60.9 Å². The van der Waals surface area contributed by atoms with Gasteiger partial charge in [0.15, 0.2) is 0 Å². The van der Waals surface area contributed by atoms with Crippen molar-refractivity contribution in [2.24, 2.45) is 0 Å². The molecule has 6 nitrogen and oxygen atoms in total. The highest BCUT2D eigenvalue weighted by Crippen LogP contribution is 2.31. The van der Waals surface area contributed by atoms with Crippen LogP contribution in [0.5, 0.6) is 0 Å². The molecule has 0 saturated carbocycles. The average molecular weight is 420 g/mol. The topological polar surface area (TPSA) is 78.5 Å². The number of benzene rings is 3. The first-order chi connectivity index (χ1) is 14.4. The van der Waals surface area contributed by atoms with Crippen molar-refractivity contribution in [2.45, 2.75) is 17.4 Å². The van der Waals surface area contributed by atoms with Gasteiger partial charge < -0.3 is 10.6 Å². The van der Waals surface area contributed by atoms with Gasteiger partial charge in [0.05, 0.1) is 0 Å². The zero-order valence-corrected chi connectivity index (χ0v) is 17.5. The molecule has 1 atom stereocenters. The maximum atomic E-state index is 13.1. The van der Waals surface area contributed by atoms with Gasteiger partial charge in [-0.1, -0.05) is 36.4 Å². The quantitative estimate of drug-likeness (QED) is 0.485. The molecule has 0 aromatic heterocycles. The Labute approximate surface area is 178 Å². The minimum atomic E-state index is -1.22. The van der Waals surface area contributed by atoms with Gasteiger partial charge in [-0.25, -0.2) is 4.79 Å². The van der Waals surface area contributed by atoms with E-state index in [2.05, 4.69) is 10.6 Å². The Hall–Kier alpha value is -3.32. The minimum absolute atomic E-state index is 0.349. The van der Waals surface area contributed by atoms with Crippen molar-refractivity contribution in [3.05, 3.63) is 72.3 Å². The summed E-state index contributed by atoms with van der Waals surface area (Å²) in [4.78, 5) is 40.1. The number of nitrogens with one attached hydrogen (secondary N) is 2. The van der Waals surface area contributed by atoms with Gasteiger partial charge in [0.1, 0.15) is 12.1 Å². The number of carbonyl (C=O) groups excluding carboxylic acids is 3. The highest BCUT2D eigenvalue weighted by Gasteiger charge is 2.49. The Morgan fingerprint density at radius 1 is 1.03 bits per heavy atom. The summed E-state index contributed by atoms with van der Waals surface area (Å²) >= 11 is 1.60. The molecule has 2 N–H and O–H groups in total. The highest BCUT2D eigenvalue weighted by molar-refractivity contribution is 7.98. The van der Waals surface area contributed by atoms with Crippen LogP contribution < -0.4 is 10.6 Å². The molecule has 1 saturated heterocycles.